The molecule has 2 bridgehead atoms. The van der Waals surface area contributed by atoms with Crippen LogP contribution in [0.3, 0.4) is 0 Å². The molecule has 0 aromatic heterocycles. The molecule has 1 aromatic rings. The average molecular weight is 233 g/mol. The molecule has 0 atom stereocenters. The van der Waals surface area contributed by atoms with E-state index in [2.05, 4.69) is 11.9 Å². The summed E-state index contributed by atoms with van der Waals surface area (Å²) >= 11 is 0. The van der Waals surface area contributed by atoms with Crippen molar-refractivity contribution < 1.29 is 14.3 Å². The molecular weight excluding hydrogens is 218 g/mol. The van der Waals surface area contributed by atoms with Gasteiger partial charge in [0.1, 0.15) is 11.5 Å². The molecule has 0 saturated carbocycles. The first-order valence-corrected chi connectivity index (χ1v) is 5.58. The van der Waals surface area contributed by atoms with Crippen LogP contribution >= 0.6 is 0 Å². The van der Waals surface area contributed by atoms with E-state index in [0.717, 1.165) is 29.9 Å². The van der Waals surface area contributed by atoms with Crippen LogP contribution in [0.5, 0.6) is 11.5 Å². The van der Waals surface area contributed by atoms with E-state index < -0.39 is 0 Å². The number of hydrogen-bond donors (Lipinski definition) is 1. The lowest BCUT2D eigenvalue weighted by Gasteiger charge is -2.18. The number of nitrogens with one attached hydrogen (secondary N) is 1. The van der Waals surface area contributed by atoms with Crippen molar-refractivity contribution in [2.75, 3.05) is 13.3 Å². The van der Waals surface area contributed by atoms with Crippen molar-refractivity contribution in [2.45, 2.75) is 12.8 Å². The van der Waals surface area contributed by atoms with Crippen LogP contribution in [0.1, 0.15) is 12.0 Å². The highest BCUT2D eigenvalue weighted by molar-refractivity contribution is 5.86. The molecule has 1 amide bonds. The van der Waals surface area contributed by atoms with E-state index in [0.29, 0.717) is 6.54 Å². The maximum atomic E-state index is 10.9. The molecule has 1 aliphatic heterocycles. The molecule has 1 heterocycles. The monoisotopic (exact) mass is 233 g/mol. The third-order valence-corrected chi connectivity index (χ3v) is 2.59. The number of ether oxygens (including phenoxy) is 2. The zero-order chi connectivity index (χ0) is 12.1. The first-order valence-electron chi connectivity index (χ1n) is 5.58. The molecular formula is C13H15NO3. The van der Waals surface area contributed by atoms with Crippen LogP contribution in [0.4, 0.5) is 0 Å². The smallest absolute Gasteiger partial charge is 0.243 e. The van der Waals surface area contributed by atoms with Gasteiger partial charge in [-0.25, -0.2) is 0 Å². The highest BCUT2D eigenvalue weighted by Crippen LogP contribution is 2.29. The Hall–Kier alpha value is -1.97. The van der Waals surface area contributed by atoms with Gasteiger partial charge in [-0.1, -0.05) is 12.6 Å². The van der Waals surface area contributed by atoms with Crippen molar-refractivity contribution in [3.63, 3.8) is 0 Å². The fourth-order valence-corrected chi connectivity index (χ4v) is 1.69. The number of carbonyl (C=O) groups excluding carboxylic acids is 1. The minimum Gasteiger partial charge on any atom is -0.457 e. The number of fused-ring (bicyclic) bond motifs is 2. The molecule has 0 fully saturated rings. The van der Waals surface area contributed by atoms with Crippen LogP contribution in [0.25, 0.3) is 0 Å². The summed E-state index contributed by atoms with van der Waals surface area (Å²) in [4.78, 5) is 10.9. The van der Waals surface area contributed by atoms with Crippen molar-refractivity contribution in [1.82, 2.24) is 5.32 Å². The Balaban J connectivity index is 1.83. The van der Waals surface area contributed by atoms with Crippen molar-refractivity contribution in [3.8, 4) is 11.5 Å². The quantitative estimate of drug-likeness (QED) is 0.621. The van der Waals surface area contributed by atoms with E-state index in [9.17, 15) is 4.79 Å². The van der Waals surface area contributed by atoms with E-state index in [1.54, 1.807) is 0 Å². The number of amides is 1. The molecule has 0 aliphatic carbocycles. The number of aryl methyl sites for hydroxylation is 1. The van der Waals surface area contributed by atoms with Gasteiger partial charge in [-0.3, -0.25) is 4.79 Å². The standard InChI is InChI=1S/C13H15NO3/c1-2-13(15)14-7-3-4-10-5-6-11-8-12(10)17-9-16-11/h2,5-6,8H,1,3-4,7,9H2,(H,14,15). The number of benzene rings is 1. The fraction of sp³-hybridized carbons (Fsp3) is 0.308. The van der Waals surface area contributed by atoms with E-state index in [-0.39, 0.29) is 12.7 Å². The molecule has 0 unspecified atom stereocenters. The Morgan fingerprint density at radius 3 is 3.18 bits per heavy atom. The lowest BCUT2D eigenvalue weighted by atomic mass is 10.1. The van der Waals surface area contributed by atoms with Crippen LogP contribution in [0.15, 0.2) is 30.9 Å². The van der Waals surface area contributed by atoms with Crippen LogP contribution in [-0.4, -0.2) is 19.2 Å². The largest absolute Gasteiger partial charge is 0.457 e. The first kappa shape index (κ1) is 11.5. The van der Waals surface area contributed by atoms with Crippen molar-refractivity contribution in [2.24, 2.45) is 0 Å². The fourth-order valence-electron chi connectivity index (χ4n) is 1.69. The molecule has 17 heavy (non-hydrogen) atoms. The lowest BCUT2D eigenvalue weighted by molar-refractivity contribution is -0.116. The third kappa shape index (κ3) is 3.00. The Morgan fingerprint density at radius 2 is 2.35 bits per heavy atom. The number of rotatable bonds is 5. The first-order chi connectivity index (χ1) is 8.29. The van der Waals surface area contributed by atoms with E-state index in [1.807, 2.05) is 18.2 Å². The predicted octanol–water partition coefficient (Wildman–Crippen LogP) is 1.65. The minimum absolute atomic E-state index is 0.133. The zero-order valence-electron chi connectivity index (χ0n) is 9.57. The minimum atomic E-state index is -0.133. The molecule has 0 radical (unpaired) electrons. The summed E-state index contributed by atoms with van der Waals surface area (Å²) < 4.78 is 10.6. The highest BCUT2D eigenvalue weighted by Gasteiger charge is 2.10. The Bertz CT molecular complexity index is 429. The summed E-state index contributed by atoms with van der Waals surface area (Å²) in [6.45, 7) is 4.32. The summed E-state index contributed by atoms with van der Waals surface area (Å²) in [6.07, 6.45) is 3.02. The topological polar surface area (TPSA) is 47.6 Å². The summed E-state index contributed by atoms with van der Waals surface area (Å²) in [5.41, 5.74) is 1.14. The van der Waals surface area contributed by atoms with Gasteiger partial charge in [0.05, 0.1) is 0 Å². The van der Waals surface area contributed by atoms with Gasteiger partial charge < -0.3 is 14.8 Å². The predicted molar refractivity (Wildman–Crippen MR) is 64.1 cm³/mol. The summed E-state index contributed by atoms with van der Waals surface area (Å²) in [7, 11) is 0. The SMILES string of the molecule is C=CC(=O)NCCCc1ccc2cc1OCO2. The van der Waals surface area contributed by atoms with Gasteiger partial charge in [-0.2, -0.15) is 0 Å². The molecule has 1 aliphatic rings. The molecule has 0 saturated heterocycles. The van der Waals surface area contributed by atoms with Crippen molar-refractivity contribution in [1.29, 1.82) is 0 Å². The Labute approximate surface area is 100 Å². The van der Waals surface area contributed by atoms with Crippen LogP contribution in [0, 0.1) is 0 Å². The van der Waals surface area contributed by atoms with Crippen molar-refractivity contribution in [3.05, 3.63) is 36.4 Å². The zero-order valence-corrected chi connectivity index (χ0v) is 9.57. The van der Waals surface area contributed by atoms with Gasteiger partial charge in [0.2, 0.25) is 12.7 Å². The Kier molecular flexibility index (Phi) is 3.65. The average Bonchev–Trinajstić information content (AvgIpc) is 2.37. The molecule has 4 heteroatoms. The molecule has 1 N–H and O–H groups in total. The second kappa shape index (κ2) is 5.39. The lowest BCUT2D eigenvalue weighted by Crippen LogP contribution is -2.22. The van der Waals surface area contributed by atoms with Gasteiger partial charge >= 0.3 is 0 Å². The highest BCUT2D eigenvalue weighted by atomic mass is 16.7. The second-order valence-corrected chi connectivity index (χ2v) is 3.77. The number of carbonyl (C=O) groups is 1. The maximum Gasteiger partial charge on any atom is 0.243 e. The third-order valence-electron chi connectivity index (χ3n) is 2.59. The van der Waals surface area contributed by atoms with Gasteiger partial charge in [0.15, 0.2) is 0 Å². The van der Waals surface area contributed by atoms with Crippen LogP contribution < -0.4 is 14.8 Å². The van der Waals surface area contributed by atoms with E-state index >= 15 is 0 Å². The maximum absolute atomic E-state index is 10.9. The van der Waals surface area contributed by atoms with Gasteiger partial charge in [-0.15, -0.1) is 0 Å². The molecule has 2 rings (SSSR count). The van der Waals surface area contributed by atoms with Crippen molar-refractivity contribution >= 4 is 5.91 Å². The molecule has 0 spiro atoms. The summed E-state index contributed by atoms with van der Waals surface area (Å²) in [5, 5.41) is 2.74. The van der Waals surface area contributed by atoms with Gasteiger partial charge in [0.25, 0.3) is 0 Å². The van der Waals surface area contributed by atoms with E-state index in [1.165, 1.54) is 6.08 Å². The number of hydrogen-bond acceptors (Lipinski definition) is 3. The molecule has 1 aromatic carbocycles. The Morgan fingerprint density at radius 1 is 1.47 bits per heavy atom. The second-order valence-electron chi connectivity index (χ2n) is 3.77. The van der Waals surface area contributed by atoms with Crippen LogP contribution in [0.2, 0.25) is 0 Å². The van der Waals surface area contributed by atoms with Gasteiger partial charge in [-0.05, 0) is 30.5 Å². The van der Waals surface area contributed by atoms with Crippen LogP contribution in [-0.2, 0) is 11.2 Å². The molecule has 4 nitrogen and oxygen atoms in total. The van der Waals surface area contributed by atoms with Gasteiger partial charge in [0, 0.05) is 12.6 Å². The van der Waals surface area contributed by atoms with E-state index in [4.69, 9.17) is 9.47 Å². The molecule has 90 valence electrons. The summed E-state index contributed by atoms with van der Waals surface area (Å²) in [5.74, 6) is 1.59. The summed E-state index contributed by atoms with van der Waals surface area (Å²) in [6, 6.07) is 5.82. The normalized spacial score (nSPS) is 12.2.